The first kappa shape index (κ1) is 13.0. The topological polar surface area (TPSA) is 36.4 Å². The van der Waals surface area contributed by atoms with E-state index >= 15 is 0 Å². The fourth-order valence-corrected chi connectivity index (χ4v) is 2.23. The number of rotatable bonds is 5. The summed E-state index contributed by atoms with van der Waals surface area (Å²) >= 11 is 0. The van der Waals surface area contributed by atoms with Crippen LogP contribution in [0.15, 0.2) is 18.3 Å². The van der Waals surface area contributed by atoms with Gasteiger partial charge in [0.1, 0.15) is 5.82 Å². The molecule has 1 aromatic rings. The lowest BCUT2D eigenvalue weighted by atomic mass is 10.2. The van der Waals surface area contributed by atoms with E-state index < -0.39 is 0 Å². The minimum Gasteiger partial charge on any atom is -0.358 e. The molecule has 1 saturated heterocycles. The molecule has 0 amide bonds. The van der Waals surface area contributed by atoms with Gasteiger partial charge in [0, 0.05) is 31.9 Å². The first-order valence-electron chi connectivity index (χ1n) is 6.57. The minimum atomic E-state index is 0.0637. The number of anilines is 1. The van der Waals surface area contributed by atoms with Gasteiger partial charge in [-0.15, -0.1) is 0 Å². The van der Waals surface area contributed by atoms with Gasteiger partial charge in [-0.05, 0) is 45.0 Å². The monoisotopic (exact) mass is 247 g/mol. The van der Waals surface area contributed by atoms with Crippen molar-refractivity contribution in [3.63, 3.8) is 0 Å². The van der Waals surface area contributed by atoms with Crippen LogP contribution in [0.3, 0.4) is 0 Å². The molecule has 1 aromatic heterocycles. The lowest BCUT2D eigenvalue weighted by Gasteiger charge is -2.22. The smallest absolute Gasteiger partial charge is 0.161 e. The van der Waals surface area contributed by atoms with Gasteiger partial charge in [-0.1, -0.05) is 0 Å². The molecule has 0 spiro atoms. The van der Waals surface area contributed by atoms with Crippen LogP contribution in [0.25, 0.3) is 0 Å². The molecule has 4 heteroatoms. The first-order chi connectivity index (χ1) is 8.66. The number of aromatic nitrogens is 1. The Balaban J connectivity index is 1.87. The maximum Gasteiger partial charge on any atom is 0.161 e. The summed E-state index contributed by atoms with van der Waals surface area (Å²) in [5.74, 6) is 0.993. The van der Waals surface area contributed by atoms with Crippen molar-refractivity contribution >= 4 is 11.6 Å². The first-order valence-corrected chi connectivity index (χ1v) is 6.57. The molecule has 0 N–H and O–H groups in total. The lowest BCUT2D eigenvalue weighted by Crippen LogP contribution is -2.31. The van der Waals surface area contributed by atoms with Crippen LogP contribution in [-0.2, 0) is 0 Å². The number of likely N-dealkylation sites (tertiary alicyclic amines) is 1. The van der Waals surface area contributed by atoms with E-state index in [1.54, 1.807) is 13.1 Å². The summed E-state index contributed by atoms with van der Waals surface area (Å²) in [5.41, 5.74) is 0.673. The van der Waals surface area contributed by atoms with Crippen LogP contribution in [0.4, 0.5) is 5.82 Å². The summed E-state index contributed by atoms with van der Waals surface area (Å²) in [7, 11) is 2.05. The van der Waals surface area contributed by atoms with E-state index in [-0.39, 0.29) is 5.78 Å². The van der Waals surface area contributed by atoms with Crippen molar-refractivity contribution < 1.29 is 4.79 Å². The van der Waals surface area contributed by atoms with Crippen LogP contribution >= 0.6 is 0 Å². The van der Waals surface area contributed by atoms with E-state index in [2.05, 4.69) is 14.8 Å². The van der Waals surface area contributed by atoms with Crippen molar-refractivity contribution in [1.82, 2.24) is 9.88 Å². The van der Waals surface area contributed by atoms with Gasteiger partial charge in [-0.2, -0.15) is 0 Å². The zero-order valence-electron chi connectivity index (χ0n) is 11.2. The Morgan fingerprint density at radius 3 is 2.67 bits per heavy atom. The molecule has 0 unspecified atom stereocenters. The fraction of sp³-hybridized carbons (Fsp3) is 0.571. The molecule has 98 valence electrons. The van der Waals surface area contributed by atoms with E-state index in [9.17, 15) is 4.79 Å². The minimum absolute atomic E-state index is 0.0637. The number of pyridine rings is 1. The van der Waals surface area contributed by atoms with E-state index in [0.717, 1.165) is 18.9 Å². The highest BCUT2D eigenvalue weighted by atomic mass is 16.1. The van der Waals surface area contributed by atoms with E-state index in [1.807, 2.05) is 19.2 Å². The van der Waals surface area contributed by atoms with Gasteiger partial charge in [0.2, 0.25) is 0 Å². The van der Waals surface area contributed by atoms with Gasteiger partial charge < -0.3 is 9.80 Å². The van der Waals surface area contributed by atoms with Crippen LogP contribution in [0.5, 0.6) is 0 Å². The van der Waals surface area contributed by atoms with Gasteiger partial charge in [0.25, 0.3) is 0 Å². The number of hydrogen-bond donors (Lipinski definition) is 0. The van der Waals surface area contributed by atoms with Gasteiger partial charge in [0.15, 0.2) is 5.78 Å². The number of nitrogens with zero attached hydrogens (tertiary/aromatic N) is 3. The van der Waals surface area contributed by atoms with Gasteiger partial charge in [-0.3, -0.25) is 4.79 Å². The molecule has 0 aliphatic carbocycles. The van der Waals surface area contributed by atoms with Crippen molar-refractivity contribution in [2.24, 2.45) is 0 Å². The molecule has 0 saturated carbocycles. The molecule has 1 aliphatic rings. The van der Waals surface area contributed by atoms with Crippen molar-refractivity contribution in [2.75, 3.05) is 38.1 Å². The average Bonchev–Trinajstić information content (AvgIpc) is 2.89. The summed E-state index contributed by atoms with van der Waals surface area (Å²) in [6.45, 7) is 6.09. The SMILES string of the molecule is CC(=O)c1ccc(N(C)CCN2CCCC2)nc1. The van der Waals surface area contributed by atoms with Crippen LogP contribution in [0.1, 0.15) is 30.1 Å². The Morgan fingerprint density at radius 2 is 2.11 bits per heavy atom. The van der Waals surface area contributed by atoms with E-state index in [4.69, 9.17) is 0 Å². The molecule has 1 fully saturated rings. The average molecular weight is 247 g/mol. The second-order valence-corrected chi connectivity index (χ2v) is 4.93. The number of hydrogen-bond acceptors (Lipinski definition) is 4. The Kier molecular flexibility index (Phi) is 4.31. The van der Waals surface area contributed by atoms with E-state index in [1.165, 1.54) is 25.9 Å². The zero-order valence-corrected chi connectivity index (χ0v) is 11.2. The number of Topliss-reactive ketones (excluding diaryl/α,β-unsaturated/α-hetero) is 1. The molecule has 2 rings (SSSR count). The third-order valence-corrected chi connectivity index (χ3v) is 3.50. The van der Waals surface area contributed by atoms with Gasteiger partial charge >= 0.3 is 0 Å². The second-order valence-electron chi connectivity index (χ2n) is 4.93. The maximum atomic E-state index is 11.2. The predicted octanol–water partition coefficient (Wildman–Crippen LogP) is 1.82. The Morgan fingerprint density at radius 1 is 1.39 bits per heavy atom. The highest BCUT2D eigenvalue weighted by Crippen LogP contribution is 2.11. The Hall–Kier alpha value is -1.42. The number of ketones is 1. The van der Waals surface area contributed by atoms with E-state index in [0.29, 0.717) is 5.56 Å². The molecule has 0 bridgehead atoms. The normalized spacial score (nSPS) is 15.9. The molecule has 4 nitrogen and oxygen atoms in total. The third kappa shape index (κ3) is 3.29. The fourth-order valence-electron chi connectivity index (χ4n) is 2.23. The number of likely N-dealkylation sites (N-methyl/N-ethyl adjacent to an activating group) is 1. The molecular formula is C14H21N3O. The Bertz CT molecular complexity index is 396. The molecule has 0 radical (unpaired) electrons. The predicted molar refractivity (Wildman–Crippen MR) is 73.2 cm³/mol. The van der Waals surface area contributed by atoms with Crippen molar-refractivity contribution in [1.29, 1.82) is 0 Å². The molecule has 0 aromatic carbocycles. The van der Waals surface area contributed by atoms with Crippen molar-refractivity contribution in [3.8, 4) is 0 Å². The summed E-state index contributed by atoms with van der Waals surface area (Å²) in [5, 5.41) is 0. The van der Waals surface area contributed by atoms with Crippen molar-refractivity contribution in [3.05, 3.63) is 23.9 Å². The highest BCUT2D eigenvalue weighted by molar-refractivity contribution is 5.93. The third-order valence-electron chi connectivity index (χ3n) is 3.50. The van der Waals surface area contributed by atoms with Crippen LogP contribution < -0.4 is 4.90 Å². The van der Waals surface area contributed by atoms with Crippen LogP contribution in [0.2, 0.25) is 0 Å². The molecule has 18 heavy (non-hydrogen) atoms. The van der Waals surface area contributed by atoms with Gasteiger partial charge in [0.05, 0.1) is 0 Å². The second kappa shape index (κ2) is 5.96. The molecular weight excluding hydrogens is 226 g/mol. The summed E-state index contributed by atoms with van der Waals surface area (Å²) in [4.78, 5) is 20.1. The standard InChI is InChI=1S/C14H21N3O/c1-12(18)13-5-6-14(15-11-13)16(2)9-10-17-7-3-4-8-17/h5-6,11H,3-4,7-10H2,1-2H3. The summed E-state index contributed by atoms with van der Waals surface area (Å²) in [6.07, 6.45) is 4.31. The largest absolute Gasteiger partial charge is 0.358 e. The maximum absolute atomic E-state index is 11.2. The summed E-state index contributed by atoms with van der Waals surface area (Å²) in [6, 6.07) is 3.76. The molecule has 2 heterocycles. The number of carbonyl (C=O) groups excluding carboxylic acids is 1. The number of carbonyl (C=O) groups is 1. The van der Waals surface area contributed by atoms with Crippen molar-refractivity contribution in [2.45, 2.75) is 19.8 Å². The van der Waals surface area contributed by atoms with Gasteiger partial charge in [-0.25, -0.2) is 4.98 Å². The Labute approximate surface area is 109 Å². The quantitative estimate of drug-likeness (QED) is 0.744. The zero-order chi connectivity index (χ0) is 13.0. The lowest BCUT2D eigenvalue weighted by molar-refractivity contribution is 0.101. The molecule has 0 atom stereocenters. The van der Waals surface area contributed by atoms with Crippen LogP contribution in [0, 0.1) is 0 Å². The molecule has 1 aliphatic heterocycles. The summed E-state index contributed by atoms with van der Waals surface area (Å²) < 4.78 is 0. The van der Waals surface area contributed by atoms with Crippen LogP contribution in [-0.4, -0.2) is 48.9 Å². The highest BCUT2D eigenvalue weighted by Gasteiger charge is 2.12.